The average Bonchev–Trinajstić information content (AvgIpc) is 2.91. The smallest absolute Gasteiger partial charge is 0.221 e. The minimum atomic E-state index is -0.0424. The summed E-state index contributed by atoms with van der Waals surface area (Å²) in [6.45, 7) is 6.39. The van der Waals surface area contributed by atoms with Crippen molar-refractivity contribution in [3.05, 3.63) is 29.8 Å². The number of amides is 1. The van der Waals surface area contributed by atoms with E-state index in [-0.39, 0.29) is 11.4 Å². The Morgan fingerprint density at radius 2 is 2.14 bits per heavy atom. The highest BCUT2D eigenvalue weighted by atomic mass is 16.5. The van der Waals surface area contributed by atoms with E-state index in [9.17, 15) is 4.79 Å². The van der Waals surface area contributed by atoms with Crippen molar-refractivity contribution in [3.8, 4) is 0 Å². The molecule has 2 saturated heterocycles. The van der Waals surface area contributed by atoms with E-state index in [0.717, 1.165) is 51.6 Å². The molecule has 2 aliphatic rings. The first-order valence-corrected chi connectivity index (χ1v) is 7.45. The van der Waals surface area contributed by atoms with Crippen molar-refractivity contribution in [1.82, 2.24) is 4.90 Å². The number of nitrogens with zero attached hydrogens (tertiary/aromatic N) is 1. The summed E-state index contributed by atoms with van der Waals surface area (Å²) in [6.07, 6.45) is 1.03. The molecule has 3 rings (SSSR count). The molecule has 1 N–H and O–H groups in total. The Balaban J connectivity index is 1.74. The van der Waals surface area contributed by atoms with Crippen LogP contribution in [0.4, 0.5) is 5.69 Å². The zero-order valence-electron chi connectivity index (χ0n) is 12.4. The normalized spacial score (nSPS) is 26.1. The number of benzene rings is 1. The number of ether oxygens (including phenoxy) is 2. The van der Waals surface area contributed by atoms with Gasteiger partial charge in [-0.2, -0.15) is 0 Å². The number of rotatable bonds is 3. The molecule has 1 aromatic carbocycles. The van der Waals surface area contributed by atoms with Gasteiger partial charge >= 0.3 is 0 Å². The van der Waals surface area contributed by atoms with Crippen LogP contribution in [0.3, 0.4) is 0 Å². The van der Waals surface area contributed by atoms with Gasteiger partial charge in [0.25, 0.3) is 0 Å². The summed E-state index contributed by atoms with van der Waals surface area (Å²) in [6, 6.07) is 8.04. The lowest BCUT2D eigenvalue weighted by molar-refractivity contribution is -0.114. The highest BCUT2D eigenvalue weighted by molar-refractivity contribution is 5.88. The number of carbonyl (C=O) groups excluding carboxylic acids is 1. The van der Waals surface area contributed by atoms with E-state index < -0.39 is 0 Å². The molecule has 5 heteroatoms. The van der Waals surface area contributed by atoms with E-state index in [1.165, 1.54) is 12.5 Å². The Kier molecular flexibility index (Phi) is 4.24. The minimum absolute atomic E-state index is 0.0300. The molecule has 1 amide bonds. The molecule has 0 radical (unpaired) electrons. The summed E-state index contributed by atoms with van der Waals surface area (Å²) in [4.78, 5) is 13.6. The summed E-state index contributed by atoms with van der Waals surface area (Å²) < 4.78 is 11.3. The van der Waals surface area contributed by atoms with Crippen LogP contribution >= 0.6 is 0 Å². The Morgan fingerprint density at radius 1 is 1.33 bits per heavy atom. The van der Waals surface area contributed by atoms with E-state index in [4.69, 9.17) is 9.47 Å². The van der Waals surface area contributed by atoms with Gasteiger partial charge in [-0.3, -0.25) is 9.69 Å². The summed E-state index contributed by atoms with van der Waals surface area (Å²) in [5, 5.41) is 2.84. The van der Waals surface area contributed by atoms with Gasteiger partial charge in [0.1, 0.15) is 0 Å². The van der Waals surface area contributed by atoms with Crippen LogP contribution in [0.5, 0.6) is 0 Å². The fourth-order valence-corrected chi connectivity index (χ4v) is 3.14. The predicted octanol–water partition coefficient (Wildman–Crippen LogP) is 1.64. The van der Waals surface area contributed by atoms with Crippen molar-refractivity contribution >= 4 is 11.6 Å². The number of hydrogen-bond acceptors (Lipinski definition) is 4. The van der Waals surface area contributed by atoms with Gasteiger partial charge in [-0.05, 0) is 24.1 Å². The van der Waals surface area contributed by atoms with Gasteiger partial charge in [-0.15, -0.1) is 0 Å². The standard InChI is InChI=1S/C16H22N2O3/c1-13(19)17-15-4-2-3-14(9-15)10-18-6-8-21-12-16(18)5-7-20-11-16/h2-4,9H,5-8,10-12H2,1H3,(H,17,19). The van der Waals surface area contributed by atoms with E-state index >= 15 is 0 Å². The first-order chi connectivity index (χ1) is 10.2. The number of nitrogens with one attached hydrogen (secondary N) is 1. The second-order valence-electron chi connectivity index (χ2n) is 5.88. The summed E-state index contributed by atoms with van der Waals surface area (Å²) in [7, 11) is 0. The van der Waals surface area contributed by atoms with Gasteiger partial charge < -0.3 is 14.8 Å². The molecular formula is C16H22N2O3. The molecule has 0 aliphatic carbocycles. The Bertz CT molecular complexity index is 512. The van der Waals surface area contributed by atoms with Crippen LogP contribution in [-0.4, -0.2) is 49.3 Å². The van der Waals surface area contributed by atoms with Gasteiger partial charge in [0.2, 0.25) is 5.91 Å². The third-order valence-corrected chi connectivity index (χ3v) is 4.25. The molecule has 0 bridgehead atoms. The number of carbonyl (C=O) groups is 1. The zero-order chi connectivity index (χ0) is 14.7. The van der Waals surface area contributed by atoms with Crippen LogP contribution in [0.2, 0.25) is 0 Å². The largest absolute Gasteiger partial charge is 0.379 e. The molecule has 1 atom stereocenters. The Labute approximate surface area is 125 Å². The lowest BCUT2D eigenvalue weighted by Crippen LogP contribution is -2.56. The third kappa shape index (κ3) is 3.26. The molecule has 1 spiro atoms. The highest BCUT2D eigenvalue weighted by Gasteiger charge is 2.42. The lowest BCUT2D eigenvalue weighted by Gasteiger charge is -2.43. The van der Waals surface area contributed by atoms with Crippen LogP contribution in [0.15, 0.2) is 24.3 Å². The number of hydrogen-bond donors (Lipinski definition) is 1. The quantitative estimate of drug-likeness (QED) is 0.919. The molecule has 21 heavy (non-hydrogen) atoms. The zero-order valence-corrected chi connectivity index (χ0v) is 12.4. The number of morpholine rings is 1. The van der Waals surface area contributed by atoms with Crippen molar-refractivity contribution in [2.24, 2.45) is 0 Å². The molecule has 1 unspecified atom stereocenters. The molecule has 2 aliphatic heterocycles. The first kappa shape index (κ1) is 14.5. The van der Waals surface area contributed by atoms with Crippen molar-refractivity contribution in [1.29, 1.82) is 0 Å². The molecule has 0 aromatic heterocycles. The van der Waals surface area contributed by atoms with E-state index in [1.807, 2.05) is 18.2 Å². The summed E-state index contributed by atoms with van der Waals surface area (Å²) >= 11 is 0. The van der Waals surface area contributed by atoms with Gasteiger partial charge in [0.15, 0.2) is 0 Å². The second kappa shape index (κ2) is 6.13. The van der Waals surface area contributed by atoms with Gasteiger partial charge in [0.05, 0.1) is 25.4 Å². The molecular weight excluding hydrogens is 268 g/mol. The average molecular weight is 290 g/mol. The van der Waals surface area contributed by atoms with Crippen LogP contribution in [0, 0.1) is 0 Å². The van der Waals surface area contributed by atoms with Crippen LogP contribution in [-0.2, 0) is 20.8 Å². The molecule has 1 aromatic rings. The van der Waals surface area contributed by atoms with Gasteiger partial charge in [-0.25, -0.2) is 0 Å². The van der Waals surface area contributed by atoms with Crippen molar-refractivity contribution in [2.75, 3.05) is 38.3 Å². The Hall–Kier alpha value is -1.43. The lowest BCUT2D eigenvalue weighted by atomic mass is 9.95. The SMILES string of the molecule is CC(=O)Nc1cccc(CN2CCOCC23CCOC3)c1. The first-order valence-electron chi connectivity index (χ1n) is 7.45. The highest BCUT2D eigenvalue weighted by Crippen LogP contribution is 2.31. The monoisotopic (exact) mass is 290 g/mol. The van der Waals surface area contributed by atoms with E-state index in [2.05, 4.69) is 16.3 Å². The predicted molar refractivity (Wildman–Crippen MR) is 80.1 cm³/mol. The fraction of sp³-hybridized carbons (Fsp3) is 0.562. The second-order valence-corrected chi connectivity index (χ2v) is 5.88. The third-order valence-electron chi connectivity index (χ3n) is 4.25. The van der Waals surface area contributed by atoms with Crippen molar-refractivity contribution < 1.29 is 14.3 Å². The van der Waals surface area contributed by atoms with Gasteiger partial charge in [-0.1, -0.05) is 12.1 Å². The fourth-order valence-electron chi connectivity index (χ4n) is 3.14. The maximum absolute atomic E-state index is 11.2. The minimum Gasteiger partial charge on any atom is -0.379 e. The molecule has 2 heterocycles. The van der Waals surface area contributed by atoms with Crippen molar-refractivity contribution in [2.45, 2.75) is 25.4 Å². The Morgan fingerprint density at radius 3 is 2.90 bits per heavy atom. The van der Waals surface area contributed by atoms with Crippen molar-refractivity contribution in [3.63, 3.8) is 0 Å². The molecule has 114 valence electrons. The van der Waals surface area contributed by atoms with Gasteiger partial charge in [0, 0.05) is 32.3 Å². The van der Waals surface area contributed by atoms with E-state index in [0.29, 0.717) is 0 Å². The van der Waals surface area contributed by atoms with Crippen LogP contribution < -0.4 is 5.32 Å². The summed E-state index contributed by atoms with van der Waals surface area (Å²) in [5.41, 5.74) is 2.09. The van der Waals surface area contributed by atoms with Crippen LogP contribution in [0.1, 0.15) is 18.9 Å². The van der Waals surface area contributed by atoms with Crippen LogP contribution in [0.25, 0.3) is 0 Å². The summed E-state index contributed by atoms with van der Waals surface area (Å²) in [5.74, 6) is -0.0424. The topological polar surface area (TPSA) is 50.8 Å². The molecule has 0 saturated carbocycles. The number of anilines is 1. The molecule has 5 nitrogen and oxygen atoms in total. The maximum Gasteiger partial charge on any atom is 0.221 e. The molecule has 2 fully saturated rings. The van der Waals surface area contributed by atoms with E-state index in [1.54, 1.807) is 0 Å². The maximum atomic E-state index is 11.2.